The molecular weight excluding hydrogens is 665 g/mol. The predicted octanol–water partition coefficient (Wildman–Crippen LogP) is 5.51. The van der Waals surface area contributed by atoms with E-state index in [1.165, 1.54) is 0 Å². The van der Waals surface area contributed by atoms with Crippen molar-refractivity contribution in [2.75, 3.05) is 11.2 Å². The first-order valence-electron chi connectivity index (χ1n) is 17.1. The molecule has 49 heavy (non-hydrogen) atoms. The fourth-order valence-corrected chi connectivity index (χ4v) is 10.9. The highest BCUT2D eigenvalue weighted by Gasteiger charge is 2.52. The third-order valence-electron chi connectivity index (χ3n) is 10.9. The van der Waals surface area contributed by atoms with Crippen molar-refractivity contribution in [3.05, 3.63) is 74.7 Å². The zero-order valence-electron chi connectivity index (χ0n) is 27.3. The van der Waals surface area contributed by atoms with E-state index in [0.29, 0.717) is 51.6 Å². The number of fused-ring (bicyclic) bond motifs is 4. The van der Waals surface area contributed by atoms with Crippen LogP contribution in [0.25, 0.3) is 11.0 Å². The van der Waals surface area contributed by atoms with E-state index in [2.05, 4.69) is 10.5 Å². The molecule has 1 aromatic heterocycles. The van der Waals surface area contributed by atoms with Gasteiger partial charge in [0.05, 0.1) is 29.0 Å². The zero-order valence-corrected chi connectivity index (χ0v) is 28.9. The molecule has 0 radical (unpaired) electrons. The Kier molecular flexibility index (Phi) is 8.34. The van der Waals surface area contributed by atoms with Gasteiger partial charge in [-0.1, -0.05) is 39.8 Å². The minimum Gasteiger partial charge on any atom is -0.489 e. The maximum absolute atomic E-state index is 15.4. The molecule has 6 unspecified atom stereocenters. The second kappa shape index (κ2) is 12.4. The van der Waals surface area contributed by atoms with Crippen LogP contribution in [0.1, 0.15) is 98.1 Å². The highest BCUT2D eigenvalue weighted by molar-refractivity contribution is 8.76. The van der Waals surface area contributed by atoms with Crippen LogP contribution in [-0.2, 0) is 11.4 Å². The number of ether oxygens (including phenoxy) is 2. The Labute approximate surface area is 291 Å². The van der Waals surface area contributed by atoms with Gasteiger partial charge in [-0.15, -0.1) is 0 Å². The van der Waals surface area contributed by atoms with Gasteiger partial charge in [0.15, 0.2) is 5.96 Å². The van der Waals surface area contributed by atoms with Crippen LogP contribution in [0.4, 0.5) is 5.69 Å². The van der Waals surface area contributed by atoms with E-state index in [1.54, 1.807) is 39.8 Å². The van der Waals surface area contributed by atoms with Gasteiger partial charge >= 0.3 is 0 Å². The van der Waals surface area contributed by atoms with Crippen molar-refractivity contribution < 1.29 is 29.3 Å². The summed E-state index contributed by atoms with van der Waals surface area (Å²) < 4.78 is 20.6. The lowest BCUT2D eigenvalue weighted by molar-refractivity contribution is -0.0727. The van der Waals surface area contributed by atoms with Gasteiger partial charge in [0, 0.05) is 40.9 Å². The van der Waals surface area contributed by atoms with E-state index in [1.807, 2.05) is 25.1 Å². The molecule has 2 saturated carbocycles. The van der Waals surface area contributed by atoms with Crippen molar-refractivity contribution in [3.8, 4) is 11.5 Å². The summed E-state index contributed by atoms with van der Waals surface area (Å²) in [5.41, 5.74) is 14.3. The number of guanidine groups is 1. The molecule has 3 heterocycles. The normalized spacial score (nSPS) is 30.7. The van der Waals surface area contributed by atoms with Gasteiger partial charge in [-0.3, -0.25) is 15.5 Å². The second-order valence-corrected chi connectivity index (χ2v) is 16.8. The summed E-state index contributed by atoms with van der Waals surface area (Å²) in [6.07, 6.45) is 9.16. The molecular formula is C36H42N4O7S2. The average molecular weight is 707 g/mol. The number of nitrogens with zero attached hydrogens (tertiary/aromatic N) is 1. The third kappa shape index (κ3) is 5.58. The summed E-state index contributed by atoms with van der Waals surface area (Å²) in [6.45, 7) is 1.83. The lowest BCUT2D eigenvalue weighted by Crippen LogP contribution is -2.47. The second-order valence-electron chi connectivity index (χ2n) is 14.3. The van der Waals surface area contributed by atoms with E-state index in [-0.39, 0.29) is 35.6 Å². The fourth-order valence-electron chi connectivity index (χ4n) is 8.58. The average Bonchev–Trinajstić information content (AvgIpc) is 3.72. The van der Waals surface area contributed by atoms with Gasteiger partial charge < -0.3 is 35.6 Å². The number of anilines is 1. The molecule has 0 spiro atoms. The Balaban J connectivity index is 1.43. The topological polar surface area (TPSA) is 186 Å². The molecule has 2 aromatic carbocycles. The summed E-state index contributed by atoms with van der Waals surface area (Å²) in [5.74, 6) is 1.40. The lowest BCUT2D eigenvalue weighted by atomic mass is 9.74. The SMILES string of the molecule is CC1(O)CCCC2c3c(c4c5oc6c(c(=O)c5c3OC3CCCC3)C(c3ccc(NO)cc3)C=CC6(O)CC(N=C(N)N)CSSC4)OC21. The van der Waals surface area contributed by atoms with Gasteiger partial charge in [0.1, 0.15) is 39.9 Å². The van der Waals surface area contributed by atoms with Crippen molar-refractivity contribution in [3.63, 3.8) is 0 Å². The minimum absolute atomic E-state index is 0.0600. The summed E-state index contributed by atoms with van der Waals surface area (Å²) in [4.78, 5) is 19.8. The van der Waals surface area contributed by atoms with Crippen molar-refractivity contribution in [1.82, 2.24) is 0 Å². The molecule has 260 valence electrons. The van der Waals surface area contributed by atoms with Gasteiger partial charge in [0.25, 0.3) is 0 Å². The maximum Gasteiger partial charge on any atom is 0.201 e. The minimum atomic E-state index is -1.70. The van der Waals surface area contributed by atoms with Crippen LogP contribution in [0.5, 0.6) is 11.5 Å². The van der Waals surface area contributed by atoms with E-state index >= 15 is 4.79 Å². The summed E-state index contributed by atoms with van der Waals surface area (Å²) in [5, 5.41) is 33.9. The summed E-state index contributed by atoms with van der Waals surface area (Å²) >= 11 is 0. The van der Waals surface area contributed by atoms with Crippen LogP contribution in [0.2, 0.25) is 0 Å². The van der Waals surface area contributed by atoms with Crippen molar-refractivity contribution in [1.29, 1.82) is 0 Å². The fraction of sp³-hybridized carbons (Fsp3) is 0.500. The molecule has 2 fully saturated rings. The smallest absolute Gasteiger partial charge is 0.201 e. The van der Waals surface area contributed by atoms with Gasteiger partial charge in [-0.25, -0.2) is 4.99 Å². The Hall–Kier alpha value is -3.36. The Bertz CT molecular complexity index is 1900. The van der Waals surface area contributed by atoms with E-state index in [4.69, 9.17) is 25.4 Å². The summed E-state index contributed by atoms with van der Waals surface area (Å²) in [6, 6.07) is 6.65. The molecule has 8 N–H and O–H groups in total. The highest BCUT2D eigenvalue weighted by Crippen LogP contribution is 2.58. The van der Waals surface area contributed by atoms with Crippen LogP contribution in [0, 0.1) is 0 Å². The number of hydrogen-bond acceptors (Lipinski definition) is 11. The molecule has 2 bridgehead atoms. The number of aliphatic imine (C=N–C) groups is 1. The number of hydrogen-bond donors (Lipinski definition) is 6. The van der Waals surface area contributed by atoms with Crippen LogP contribution in [0.15, 0.2) is 50.6 Å². The maximum atomic E-state index is 15.4. The monoisotopic (exact) mass is 706 g/mol. The Morgan fingerprint density at radius 2 is 1.86 bits per heavy atom. The van der Waals surface area contributed by atoms with E-state index < -0.39 is 29.3 Å². The molecule has 5 aliphatic rings. The van der Waals surface area contributed by atoms with Crippen LogP contribution >= 0.6 is 21.6 Å². The molecule has 0 amide bonds. The number of benzene rings is 2. The van der Waals surface area contributed by atoms with Crippen molar-refractivity contribution >= 4 is 44.2 Å². The predicted molar refractivity (Wildman–Crippen MR) is 192 cm³/mol. The largest absolute Gasteiger partial charge is 0.489 e. The van der Waals surface area contributed by atoms with Crippen LogP contribution < -0.4 is 31.8 Å². The first-order chi connectivity index (χ1) is 23.6. The molecule has 8 rings (SSSR count). The number of rotatable bonds is 5. The van der Waals surface area contributed by atoms with Crippen LogP contribution in [-0.4, -0.2) is 51.0 Å². The molecule has 3 aliphatic carbocycles. The van der Waals surface area contributed by atoms with Crippen molar-refractivity contribution in [2.45, 2.75) is 105 Å². The number of nitrogens with two attached hydrogens (primary N) is 2. The molecule has 13 heteroatoms. The van der Waals surface area contributed by atoms with Gasteiger partial charge in [-0.2, -0.15) is 0 Å². The van der Waals surface area contributed by atoms with Crippen LogP contribution in [0.3, 0.4) is 0 Å². The first-order valence-corrected chi connectivity index (χ1v) is 19.6. The Morgan fingerprint density at radius 3 is 2.59 bits per heavy atom. The van der Waals surface area contributed by atoms with Gasteiger partial charge in [0.2, 0.25) is 5.43 Å². The molecule has 2 aliphatic heterocycles. The zero-order chi connectivity index (χ0) is 34.1. The third-order valence-corrected chi connectivity index (χ3v) is 13.2. The van der Waals surface area contributed by atoms with E-state index in [0.717, 1.165) is 55.2 Å². The highest BCUT2D eigenvalue weighted by atomic mass is 33.1. The Morgan fingerprint density at radius 1 is 1.08 bits per heavy atom. The lowest BCUT2D eigenvalue weighted by Gasteiger charge is -2.37. The molecule has 11 nitrogen and oxygen atoms in total. The van der Waals surface area contributed by atoms with E-state index in [9.17, 15) is 15.4 Å². The number of allylic oxidation sites excluding steroid dienone is 1. The number of aliphatic hydroxyl groups is 2. The number of nitrogens with one attached hydrogen (secondary N) is 1. The quantitative estimate of drug-likeness (QED) is 0.0644. The molecule has 0 saturated heterocycles. The van der Waals surface area contributed by atoms with Crippen molar-refractivity contribution in [2.24, 2.45) is 16.5 Å². The molecule has 6 atom stereocenters. The standard InChI is InChI=1S/C36H42N4O7S2/c1-35(42)13-4-7-23-26-29(46-32(23)35)24-17-49-48-16-20(39-34(37)38)15-36(43)14-12-22(18-8-10-19(40-44)11-9-18)25-28(41)27(30(24)47-33(25)36)31(26)45-21-5-2-3-6-21/h8-12,14,20-23,32,40,42-44H,2-7,13,15-17H2,1H3,(H4,37,38,39). The summed E-state index contributed by atoms with van der Waals surface area (Å²) in [7, 11) is 3.16. The van der Waals surface area contributed by atoms with Gasteiger partial charge in [-0.05, 0) is 75.6 Å². The molecule has 3 aromatic rings. The first kappa shape index (κ1) is 32.8.